The summed E-state index contributed by atoms with van der Waals surface area (Å²) in [4.78, 5) is 51.4. The van der Waals surface area contributed by atoms with Crippen molar-refractivity contribution in [2.24, 2.45) is 15.9 Å². The van der Waals surface area contributed by atoms with Crippen LogP contribution in [0.25, 0.3) is 0 Å². The topological polar surface area (TPSA) is 104 Å². The molecule has 0 spiro atoms. The molecule has 0 saturated carbocycles. The van der Waals surface area contributed by atoms with Crippen LogP contribution < -0.4 is 5.32 Å². The second-order valence-corrected chi connectivity index (χ2v) is 9.89. The lowest BCUT2D eigenvalue weighted by Crippen LogP contribution is -2.54. The van der Waals surface area contributed by atoms with Gasteiger partial charge in [0.15, 0.2) is 0 Å². The van der Waals surface area contributed by atoms with Gasteiger partial charge in [0.25, 0.3) is 5.91 Å². The fourth-order valence-electron chi connectivity index (χ4n) is 4.23. The maximum Gasteiger partial charge on any atom is 0.407 e. The Morgan fingerprint density at radius 2 is 1.78 bits per heavy atom. The predicted octanol–water partition coefficient (Wildman–Crippen LogP) is 3.66. The number of rotatable bonds is 6. The van der Waals surface area contributed by atoms with E-state index in [9.17, 15) is 14.4 Å². The Morgan fingerprint density at radius 3 is 2.42 bits per heavy atom. The third kappa shape index (κ3) is 5.48. The molecule has 2 heterocycles. The van der Waals surface area contributed by atoms with Gasteiger partial charge in [-0.25, -0.2) is 9.79 Å². The summed E-state index contributed by atoms with van der Waals surface area (Å²) in [5.74, 6) is -0.250. The lowest BCUT2D eigenvalue weighted by atomic mass is 10.0. The monoisotopic (exact) mass is 553 g/mol. The number of carbonyl (C=O) groups is 3. The number of halogens is 1. The number of nitrogens with zero attached hydrogens (tertiary/aromatic N) is 4. The molecule has 1 saturated heterocycles. The Kier molecular flexibility index (Phi) is 7.83. The molecule has 2 aromatic carbocycles. The van der Waals surface area contributed by atoms with Crippen molar-refractivity contribution < 1.29 is 19.1 Å². The lowest BCUT2D eigenvalue weighted by Gasteiger charge is -2.29. The average molecular weight is 554 g/mol. The van der Waals surface area contributed by atoms with E-state index in [0.717, 1.165) is 10.0 Å². The molecule has 3 unspecified atom stereocenters. The first-order valence-corrected chi connectivity index (χ1v) is 12.4. The van der Waals surface area contributed by atoms with Crippen LogP contribution in [-0.2, 0) is 9.53 Å². The first-order chi connectivity index (χ1) is 17.3. The normalized spacial score (nSPS) is 19.9. The van der Waals surface area contributed by atoms with Crippen molar-refractivity contribution in [1.29, 1.82) is 0 Å². The van der Waals surface area contributed by atoms with E-state index in [-0.39, 0.29) is 37.0 Å². The minimum Gasteiger partial charge on any atom is -0.453 e. The van der Waals surface area contributed by atoms with Gasteiger partial charge in [0.1, 0.15) is 24.0 Å². The zero-order chi connectivity index (χ0) is 25.8. The summed E-state index contributed by atoms with van der Waals surface area (Å²) >= 11 is 3.44. The van der Waals surface area contributed by atoms with Gasteiger partial charge in [0.05, 0.1) is 20.3 Å². The molecule has 3 atom stereocenters. The Bertz CT molecular complexity index is 1180. The van der Waals surface area contributed by atoms with Gasteiger partial charge in [0.2, 0.25) is 5.91 Å². The van der Waals surface area contributed by atoms with Gasteiger partial charge in [-0.05, 0) is 35.7 Å². The summed E-state index contributed by atoms with van der Waals surface area (Å²) in [7, 11) is 1.25. The number of amides is 3. The van der Waals surface area contributed by atoms with Crippen molar-refractivity contribution in [3.63, 3.8) is 0 Å². The number of carbonyl (C=O) groups excluding carboxylic acids is 3. The van der Waals surface area contributed by atoms with Crippen LogP contribution >= 0.6 is 15.9 Å². The van der Waals surface area contributed by atoms with Crippen molar-refractivity contribution >= 4 is 45.9 Å². The molecule has 0 radical (unpaired) electrons. The zero-order valence-corrected chi connectivity index (χ0v) is 21.9. The highest BCUT2D eigenvalue weighted by atomic mass is 79.9. The average Bonchev–Trinajstić information content (AvgIpc) is 3.55. The molecule has 2 aliphatic rings. The third-order valence-corrected chi connectivity index (χ3v) is 6.73. The van der Waals surface area contributed by atoms with E-state index in [1.54, 1.807) is 40.3 Å². The smallest absolute Gasteiger partial charge is 0.407 e. The first-order valence-electron chi connectivity index (χ1n) is 11.6. The maximum atomic E-state index is 13.7. The number of methoxy groups -OCH3 is 1. The van der Waals surface area contributed by atoms with Crippen molar-refractivity contribution in [1.82, 2.24) is 15.1 Å². The van der Waals surface area contributed by atoms with E-state index >= 15 is 0 Å². The predicted molar refractivity (Wildman–Crippen MR) is 140 cm³/mol. The summed E-state index contributed by atoms with van der Waals surface area (Å²) in [6.07, 6.45) is 1.05. The van der Waals surface area contributed by atoms with E-state index in [0.29, 0.717) is 11.4 Å². The van der Waals surface area contributed by atoms with Crippen molar-refractivity contribution in [3.8, 4) is 0 Å². The summed E-state index contributed by atoms with van der Waals surface area (Å²) < 4.78 is 5.69. The summed E-state index contributed by atoms with van der Waals surface area (Å²) in [6.45, 7) is 3.98. The standard InChI is InChI=1S/C26H28BrN5O4/c1-16(2)22(30-26(35)36-3)25(34)32-15-31(24(33)18-7-5-4-6-8-18)14-21(32)23-28-13-20(29-23)17-9-11-19(27)12-10-17/h4-13,16,20-22H,14-15H2,1-3H3,(H,30,35). The van der Waals surface area contributed by atoms with Gasteiger partial charge in [-0.3, -0.25) is 14.6 Å². The fourth-order valence-corrected chi connectivity index (χ4v) is 4.49. The molecule has 1 fully saturated rings. The Balaban J connectivity index is 1.63. The molecule has 2 aliphatic heterocycles. The van der Waals surface area contributed by atoms with Gasteiger partial charge in [-0.15, -0.1) is 0 Å². The van der Waals surface area contributed by atoms with E-state index < -0.39 is 18.2 Å². The molecule has 0 aliphatic carbocycles. The highest BCUT2D eigenvalue weighted by molar-refractivity contribution is 9.10. The highest BCUT2D eigenvalue weighted by Gasteiger charge is 2.43. The van der Waals surface area contributed by atoms with Gasteiger partial charge >= 0.3 is 6.09 Å². The van der Waals surface area contributed by atoms with E-state index in [1.165, 1.54) is 7.11 Å². The zero-order valence-electron chi connectivity index (χ0n) is 20.3. The number of nitrogens with one attached hydrogen (secondary N) is 1. The van der Waals surface area contributed by atoms with Gasteiger partial charge in [0, 0.05) is 16.3 Å². The third-order valence-electron chi connectivity index (χ3n) is 6.20. The number of ether oxygens (including phenoxy) is 1. The van der Waals surface area contributed by atoms with E-state index in [1.807, 2.05) is 44.2 Å². The largest absolute Gasteiger partial charge is 0.453 e. The van der Waals surface area contributed by atoms with E-state index in [2.05, 4.69) is 26.2 Å². The van der Waals surface area contributed by atoms with Gasteiger partial charge in [-0.2, -0.15) is 0 Å². The number of amidine groups is 1. The van der Waals surface area contributed by atoms with Crippen molar-refractivity contribution in [2.75, 3.05) is 20.3 Å². The SMILES string of the molecule is COC(=O)NC(C(=O)N1CN(C(=O)c2ccccc2)CC1C1=NC(c2ccc(Br)cc2)C=N1)C(C)C. The molecular weight excluding hydrogens is 526 g/mol. The molecule has 0 bridgehead atoms. The van der Waals surface area contributed by atoms with Crippen LogP contribution in [0.3, 0.4) is 0 Å². The maximum absolute atomic E-state index is 13.7. The minimum absolute atomic E-state index is 0.0563. The highest BCUT2D eigenvalue weighted by Crippen LogP contribution is 2.27. The summed E-state index contributed by atoms with van der Waals surface area (Å²) in [5, 5.41) is 2.63. The van der Waals surface area contributed by atoms with Gasteiger partial charge < -0.3 is 19.9 Å². The number of aliphatic imine (C=N–C) groups is 2. The number of hydrogen-bond donors (Lipinski definition) is 1. The van der Waals surface area contributed by atoms with Crippen LogP contribution in [-0.4, -0.2) is 72.2 Å². The van der Waals surface area contributed by atoms with Crippen LogP contribution in [0.15, 0.2) is 69.1 Å². The Hall–Kier alpha value is -3.53. The van der Waals surface area contributed by atoms with Crippen molar-refractivity contribution in [2.45, 2.75) is 32.0 Å². The summed E-state index contributed by atoms with van der Waals surface area (Å²) in [5.41, 5.74) is 1.50. The van der Waals surface area contributed by atoms with Crippen LogP contribution in [0, 0.1) is 5.92 Å². The Morgan fingerprint density at radius 1 is 1.08 bits per heavy atom. The molecule has 36 heavy (non-hydrogen) atoms. The molecule has 9 nitrogen and oxygen atoms in total. The molecule has 2 aromatic rings. The molecule has 1 N–H and O–H groups in total. The van der Waals surface area contributed by atoms with E-state index in [4.69, 9.17) is 9.73 Å². The first kappa shape index (κ1) is 25.6. The molecular formula is C26H28BrN5O4. The van der Waals surface area contributed by atoms with Crippen molar-refractivity contribution in [3.05, 3.63) is 70.2 Å². The molecule has 188 valence electrons. The second kappa shape index (κ2) is 11.0. The fraction of sp³-hybridized carbons (Fsp3) is 0.346. The van der Waals surface area contributed by atoms with Gasteiger partial charge in [-0.1, -0.05) is 60.1 Å². The second-order valence-electron chi connectivity index (χ2n) is 8.98. The van der Waals surface area contributed by atoms with Crippen LogP contribution in [0.2, 0.25) is 0 Å². The number of alkyl carbamates (subject to hydrolysis) is 1. The number of hydrogen-bond acceptors (Lipinski definition) is 6. The minimum atomic E-state index is -0.833. The quantitative estimate of drug-likeness (QED) is 0.589. The molecule has 4 rings (SSSR count). The molecule has 0 aromatic heterocycles. The Labute approximate surface area is 218 Å². The van der Waals surface area contributed by atoms with Crippen LogP contribution in [0.5, 0.6) is 0 Å². The van der Waals surface area contributed by atoms with Crippen LogP contribution in [0.4, 0.5) is 4.79 Å². The lowest BCUT2D eigenvalue weighted by molar-refractivity contribution is -0.134. The number of benzene rings is 2. The summed E-state index contributed by atoms with van der Waals surface area (Å²) in [6, 6.07) is 15.1. The molecule has 10 heteroatoms. The van der Waals surface area contributed by atoms with Crippen LogP contribution in [0.1, 0.15) is 35.8 Å². The molecule has 3 amide bonds.